The van der Waals surface area contributed by atoms with Crippen LogP contribution in [0.1, 0.15) is 28.5 Å². The molecule has 0 spiro atoms. The summed E-state index contributed by atoms with van der Waals surface area (Å²) in [6.45, 7) is 1.01. The van der Waals surface area contributed by atoms with Crippen LogP contribution in [0.4, 0.5) is 17.6 Å². The van der Waals surface area contributed by atoms with Crippen LogP contribution in [0.25, 0.3) is 28.3 Å². The standard InChI is InChI=1S/C24H15Cl2F4N5O5/c1-10(36)39-17(37)7-11-5-12(25)8-13(6-11)35-22(24(28,29)30)14(9-32-35)21-19(23(38)33-31)20(34-40-21)18-15(26)3-2-4-16(18)27/h2-6,8-9H,7,31H2,1H3,(H,33,38). The van der Waals surface area contributed by atoms with Crippen molar-refractivity contribution in [3.8, 4) is 28.3 Å². The first kappa shape index (κ1) is 28.7. The van der Waals surface area contributed by atoms with E-state index in [-0.39, 0.29) is 21.3 Å². The van der Waals surface area contributed by atoms with Crippen LogP contribution < -0.4 is 11.3 Å². The van der Waals surface area contributed by atoms with Gasteiger partial charge in [0.05, 0.1) is 34.5 Å². The largest absolute Gasteiger partial charge is 0.434 e. The molecule has 10 nitrogen and oxygen atoms in total. The molecule has 0 fully saturated rings. The Labute approximate surface area is 231 Å². The average molecular weight is 600 g/mol. The van der Waals surface area contributed by atoms with Crippen LogP contribution in [-0.2, 0) is 26.9 Å². The normalized spacial score (nSPS) is 11.4. The van der Waals surface area contributed by atoms with Gasteiger partial charge < -0.3 is 9.26 Å². The third kappa shape index (κ3) is 5.68. The molecular weight excluding hydrogens is 585 g/mol. The van der Waals surface area contributed by atoms with Crippen LogP contribution in [0, 0.1) is 5.82 Å². The second kappa shape index (κ2) is 11.1. The van der Waals surface area contributed by atoms with E-state index in [2.05, 4.69) is 15.0 Å². The topological polar surface area (TPSA) is 142 Å². The lowest BCUT2D eigenvalue weighted by molar-refractivity contribution is -0.157. The number of esters is 2. The molecule has 4 rings (SSSR count). The van der Waals surface area contributed by atoms with E-state index in [0.29, 0.717) is 4.68 Å². The summed E-state index contributed by atoms with van der Waals surface area (Å²) in [7, 11) is 0. The number of nitrogens with zero attached hydrogens (tertiary/aromatic N) is 3. The van der Waals surface area contributed by atoms with Gasteiger partial charge in [-0.1, -0.05) is 34.4 Å². The van der Waals surface area contributed by atoms with Crippen molar-refractivity contribution >= 4 is 41.0 Å². The zero-order chi connectivity index (χ0) is 29.4. The van der Waals surface area contributed by atoms with E-state index in [9.17, 15) is 31.9 Å². The van der Waals surface area contributed by atoms with Crippen LogP contribution in [0.15, 0.2) is 47.1 Å². The summed E-state index contributed by atoms with van der Waals surface area (Å²) >= 11 is 12.2. The van der Waals surface area contributed by atoms with Crippen molar-refractivity contribution in [3.63, 3.8) is 0 Å². The molecule has 4 aromatic rings. The molecule has 0 radical (unpaired) electrons. The Hall–Kier alpha value is -4.27. The summed E-state index contributed by atoms with van der Waals surface area (Å²) in [4.78, 5) is 35.6. The number of ether oxygens (including phenoxy) is 1. The minimum atomic E-state index is -5.11. The lowest BCUT2D eigenvalue weighted by Crippen LogP contribution is -2.30. The van der Waals surface area contributed by atoms with Crippen LogP contribution >= 0.6 is 23.2 Å². The van der Waals surface area contributed by atoms with Crippen LogP contribution in [0.2, 0.25) is 10.0 Å². The molecule has 0 atom stereocenters. The van der Waals surface area contributed by atoms with Crippen LogP contribution in [0.5, 0.6) is 0 Å². The van der Waals surface area contributed by atoms with Gasteiger partial charge in [0.15, 0.2) is 11.5 Å². The van der Waals surface area contributed by atoms with E-state index in [4.69, 9.17) is 33.6 Å². The Kier molecular flexibility index (Phi) is 7.95. The maximum atomic E-state index is 14.6. The third-order valence-electron chi connectivity index (χ3n) is 5.33. The summed E-state index contributed by atoms with van der Waals surface area (Å²) in [5.41, 5.74) is -2.09. The molecule has 0 saturated heterocycles. The van der Waals surface area contributed by atoms with Gasteiger partial charge >= 0.3 is 18.1 Å². The van der Waals surface area contributed by atoms with Crippen LogP contribution in [-0.4, -0.2) is 32.8 Å². The summed E-state index contributed by atoms with van der Waals surface area (Å²) in [5.74, 6) is 0.595. The third-order valence-corrected chi connectivity index (χ3v) is 5.86. The maximum absolute atomic E-state index is 14.6. The van der Waals surface area contributed by atoms with Gasteiger partial charge in [0.1, 0.15) is 17.1 Å². The minimum Gasteiger partial charge on any atom is -0.393 e. The number of rotatable bonds is 6. The molecule has 2 aromatic heterocycles. The summed E-state index contributed by atoms with van der Waals surface area (Å²) in [6.07, 6.45) is -4.85. The van der Waals surface area contributed by atoms with E-state index in [1.807, 2.05) is 0 Å². The van der Waals surface area contributed by atoms with Gasteiger partial charge in [-0.05, 0) is 35.9 Å². The number of hydrogen-bond donors (Lipinski definition) is 2. The molecule has 0 saturated carbocycles. The number of hydrogen-bond acceptors (Lipinski definition) is 8. The molecule has 0 bridgehead atoms. The highest BCUT2D eigenvalue weighted by molar-refractivity contribution is 6.33. The van der Waals surface area contributed by atoms with Crippen molar-refractivity contribution in [2.24, 2.45) is 5.84 Å². The number of amides is 1. The number of carbonyl (C=O) groups excluding carboxylic acids is 3. The first-order valence-corrected chi connectivity index (χ1v) is 11.7. The van der Waals surface area contributed by atoms with Gasteiger partial charge in [-0.2, -0.15) is 18.3 Å². The maximum Gasteiger partial charge on any atom is 0.434 e. The monoisotopic (exact) mass is 599 g/mol. The number of aromatic nitrogens is 3. The van der Waals surface area contributed by atoms with Crippen molar-refractivity contribution in [2.45, 2.75) is 19.5 Å². The smallest absolute Gasteiger partial charge is 0.393 e. The molecule has 208 valence electrons. The van der Waals surface area contributed by atoms with E-state index in [1.165, 1.54) is 18.2 Å². The summed E-state index contributed by atoms with van der Waals surface area (Å²) in [6, 6.07) is 7.14. The molecule has 0 aliphatic rings. The zero-order valence-corrected chi connectivity index (χ0v) is 21.5. The summed E-state index contributed by atoms with van der Waals surface area (Å²) in [5, 5.41) is 7.16. The van der Waals surface area contributed by atoms with Crippen molar-refractivity contribution in [3.05, 3.63) is 75.3 Å². The van der Waals surface area contributed by atoms with Crippen molar-refractivity contribution in [1.82, 2.24) is 20.4 Å². The number of benzene rings is 2. The predicted octanol–water partition coefficient (Wildman–Crippen LogP) is 4.89. The number of nitrogen functional groups attached to an aromatic ring is 1. The second-order valence-electron chi connectivity index (χ2n) is 8.08. The van der Waals surface area contributed by atoms with E-state index < -0.39 is 70.1 Å². The number of halogens is 6. The lowest BCUT2D eigenvalue weighted by Gasteiger charge is -2.14. The molecule has 0 unspecified atom stereocenters. The number of nitrogens with one attached hydrogen (secondary N) is 1. The predicted molar refractivity (Wildman–Crippen MR) is 132 cm³/mol. The van der Waals surface area contributed by atoms with Crippen molar-refractivity contribution < 1.29 is 41.2 Å². The number of hydrazine groups is 1. The van der Waals surface area contributed by atoms with E-state index in [0.717, 1.165) is 31.3 Å². The average Bonchev–Trinajstić information content (AvgIpc) is 3.47. The Morgan fingerprint density at radius 1 is 1.18 bits per heavy atom. The van der Waals surface area contributed by atoms with Crippen LogP contribution in [0.3, 0.4) is 0 Å². The van der Waals surface area contributed by atoms with E-state index >= 15 is 0 Å². The highest BCUT2D eigenvalue weighted by Crippen LogP contribution is 2.43. The van der Waals surface area contributed by atoms with Gasteiger partial charge in [-0.15, -0.1) is 0 Å². The van der Waals surface area contributed by atoms with Crippen molar-refractivity contribution in [1.29, 1.82) is 0 Å². The minimum absolute atomic E-state index is 0.0624. The lowest BCUT2D eigenvalue weighted by atomic mass is 10.0. The molecule has 1 amide bonds. The van der Waals surface area contributed by atoms with Gasteiger partial charge in [0.25, 0.3) is 5.91 Å². The fourth-order valence-corrected chi connectivity index (χ4v) is 4.36. The Morgan fingerprint density at radius 2 is 1.90 bits per heavy atom. The zero-order valence-electron chi connectivity index (χ0n) is 20.0. The molecule has 3 N–H and O–H groups in total. The molecule has 0 aliphatic heterocycles. The fraction of sp³-hybridized carbons (Fsp3) is 0.125. The first-order valence-electron chi connectivity index (χ1n) is 10.9. The van der Waals surface area contributed by atoms with E-state index in [1.54, 1.807) is 5.43 Å². The first-order chi connectivity index (χ1) is 18.8. The Balaban J connectivity index is 1.92. The highest BCUT2D eigenvalue weighted by Gasteiger charge is 2.42. The number of nitrogens with two attached hydrogens (primary N) is 1. The van der Waals surface area contributed by atoms with Crippen molar-refractivity contribution in [2.75, 3.05) is 0 Å². The van der Waals surface area contributed by atoms with Gasteiger partial charge in [0, 0.05) is 11.9 Å². The highest BCUT2D eigenvalue weighted by atomic mass is 35.5. The Morgan fingerprint density at radius 3 is 2.52 bits per heavy atom. The summed E-state index contributed by atoms with van der Waals surface area (Å²) < 4.78 is 68.1. The molecule has 40 heavy (non-hydrogen) atoms. The van der Waals surface area contributed by atoms with Gasteiger partial charge in [-0.3, -0.25) is 19.8 Å². The molecule has 2 aromatic carbocycles. The SMILES string of the molecule is CC(=O)OC(=O)Cc1cc(Cl)cc(-n2ncc(-c3onc(-c4c(F)cccc4Cl)c3C(=O)NN)c2C(F)(F)F)c1. The number of carbonyl (C=O) groups is 3. The van der Waals surface area contributed by atoms with Gasteiger partial charge in [-0.25, -0.2) is 14.9 Å². The Bertz CT molecular complexity index is 1630. The number of alkyl halides is 3. The molecule has 16 heteroatoms. The molecular formula is C24H15Cl2F4N5O5. The fourth-order valence-electron chi connectivity index (χ4n) is 3.86. The van der Waals surface area contributed by atoms with Gasteiger partial charge in [0.2, 0.25) is 0 Å². The molecule has 2 heterocycles. The second-order valence-corrected chi connectivity index (χ2v) is 8.93. The molecule has 0 aliphatic carbocycles. The quantitative estimate of drug-likeness (QED) is 0.0796.